The maximum Gasteiger partial charge on any atom is 0.159 e. The van der Waals surface area contributed by atoms with Crippen LogP contribution in [0.1, 0.15) is 19.7 Å². The molecule has 0 amide bonds. The lowest BCUT2D eigenvalue weighted by Crippen LogP contribution is -1.88. The summed E-state index contributed by atoms with van der Waals surface area (Å²) in [5.41, 5.74) is 1.20. The number of aromatic nitrogens is 3. The number of hydrogen-bond donors (Lipinski definition) is 0. The Bertz CT molecular complexity index is 279. The minimum atomic E-state index is 0.770. The Morgan fingerprint density at radius 2 is 2.36 bits per heavy atom. The second kappa shape index (κ2) is 3.14. The first-order chi connectivity index (χ1) is 5.24. The zero-order valence-electron chi connectivity index (χ0n) is 6.78. The first-order valence-electron chi connectivity index (χ1n) is 3.41. The van der Waals surface area contributed by atoms with E-state index < -0.39 is 0 Å². The third kappa shape index (κ3) is 1.77. The molecule has 1 aromatic rings. The number of allylic oxidation sites excluding steroid dienone is 1. The van der Waals surface area contributed by atoms with Crippen molar-refractivity contribution in [1.82, 2.24) is 14.8 Å². The highest BCUT2D eigenvalue weighted by atomic mass is 15.2. The van der Waals surface area contributed by atoms with Crippen molar-refractivity contribution in [3.63, 3.8) is 0 Å². The van der Waals surface area contributed by atoms with Gasteiger partial charge in [-0.15, -0.1) is 10.2 Å². The topological polar surface area (TPSA) is 30.7 Å². The molecule has 0 saturated carbocycles. The van der Waals surface area contributed by atoms with Gasteiger partial charge in [0, 0.05) is 6.20 Å². The van der Waals surface area contributed by atoms with E-state index in [2.05, 4.69) is 16.8 Å². The first kappa shape index (κ1) is 7.72. The lowest BCUT2D eigenvalue weighted by Gasteiger charge is -1.94. The number of nitrogens with zero attached hydrogens (tertiary/aromatic N) is 3. The molecule has 0 atom stereocenters. The molecule has 11 heavy (non-hydrogen) atoms. The van der Waals surface area contributed by atoms with E-state index in [0.717, 1.165) is 5.82 Å². The molecule has 0 aliphatic rings. The number of rotatable bonds is 2. The Morgan fingerprint density at radius 3 is 2.91 bits per heavy atom. The molecule has 3 nitrogen and oxygen atoms in total. The standard InChI is InChI=1S/C8H11N3/c1-4-8-10-9-6-11(8)5-7(2)3/h4-6H,1H2,2-3H3. The Morgan fingerprint density at radius 1 is 1.64 bits per heavy atom. The highest BCUT2D eigenvalue weighted by molar-refractivity contribution is 5.42. The third-order valence-corrected chi connectivity index (χ3v) is 1.18. The van der Waals surface area contributed by atoms with Crippen molar-refractivity contribution in [2.24, 2.45) is 0 Å². The highest BCUT2D eigenvalue weighted by Crippen LogP contribution is 2.00. The van der Waals surface area contributed by atoms with Crippen LogP contribution in [0.25, 0.3) is 12.3 Å². The van der Waals surface area contributed by atoms with E-state index in [0.29, 0.717) is 0 Å². The van der Waals surface area contributed by atoms with E-state index in [1.54, 1.807) is 12.4 Å². The van der Waals surface area contributed by atoms with Gasteiger partial charge in [0.25, 0.3) is 0 Å². The minimum absolute atomic E-state index is 0.770. The van der Waals surface area contributed by atoms with Gasteiger partial charge in [-0.3, -0.25) is 4.57 Å². The van der Waals surface area contributed by atoms with Crippen molar-refractivity contribution in [1.29, 1.82) is 0 Å². The van der Waals surface area contributed by atoms with Gasteiger partial charge in [-0.1, -0.05) is 12.2 Å². The first-order valence-corrected chi connectivity index (χ1v) is 3.41. The normalized spacial score (nSPS) is 9.27. The van der Waals surface area contributed by atoms with Crippen LogP contribution in [0.5, 0.6) is 0 Å². The number of hydrogen-bond acceptors (Lipinski definition) is 2. The van der Waals surface area contributed by atoms with Gasteiger partial charge in [-0.25, -0.2) is 0 Å². The summed E-state index contributed by atoms with van der Waals surface area (Å²) in [7, 11) is 0. The maximum absolute atomic E-state index is 3.84. The molecule has 0 saturated heterocycles. The van der Waals surface area contributed by atoms with Crippen molar-refractivity contribution >= 4 is 12.3 Å². The minimum Gasteiger partial charge on any atom is -0.289 e. The SMILES string of the molecule is C=Cc1nncn1C=C(C)C. The van der Waals surface area contributed by atoms with Crippen molar-refractivity contribution in [3.05, 3.63) is 24.3 Å². The lowest BCUT2D eigenvalue weighted by atomic mass is 10.4. The molecule has 1 aromatic heterocycles. The van der Waals surface area contributed by atoms with Crippen LogP contribution >= 0.6 is 0 Å². The van der Waals surface area contributed by atoms with Gasteiger partial charge >= 0.3 is 0 Å². The van der Waals surface area contributed by atoms with Gasteiger partial charge in [0.2, 0.25) is 0 Å². The van der Waals surface area contributed by atoms with Gasteiger partial charge in [0.05, 0.1) is 0 Å². The van der Waals surface area contributed by atoms with Crippen LogP contribution in [0.3, 0.4) is 0 Å². The summed E-state index contributed by atoms with van der Waals surface area (Å²) in [5.74, 6) is 0.770. The van der Waals surface area contributed by atoms with Gasteiger partial charge < -0.3 is 0 Å². The lowest BCUT2D eigenvalue weighted by molar-refractivity contribution is 1.07. The second-order valence-corrected chi connectivity index (χ2v) is 2.51. The average molecular weight is 149 g/mol. The van der Waals surface area contributed by atoms with Gasteiger partial charge in [-0.2, -0.15) is 0 Å². The third-order valence-electron chi connectivity index (χ3n) is 1.18. The molecular formula is C8H11N3. The zero-order valence-corrected chi connectivity index (χ0v) is 6.78. The largest absolute Gasteiger partial charge is 0.289 e. The average Bonchev–Trinajstić information content (AvgIpc) is 2.34. The fourth-order valence-corrected chi connectivity index (χ4v) is 0.775. The van der Waals surface area contributed by atoms with Crippen LogP contribution in [0.15, 0.2) is 18.5 Å². The molecule has 0 bridgehead atoms. The Kier molecular flexibility index (Phi) is 2.21. The fourth-order valence-electron chi connectivity index (χ4n) is 0.775. The van der Waals surface area contributed by atoms with E-state index in [-0.39, 0.29) is 0 Å². The molecule has 1 rings (SSSR count). The summed E-state index contributed by atoms with van der Waals surface area (Å²) in [4.78, 5) is 0. The Balaban J connectivity index is 3.03. The quantitative estimate of drug-likeness (QED) is 0.642. The molecule has 3 heteroatoms. The molecule has 0 aromatic carbocycles. The van der Waals surface area contributed by atoms with Crippen molar-refractivity contribution in [2.45, 2.75) is 13.8 Å². The maximum atomic E-state index is 3.84. The van der Waals surface area contributed by atoms with Gasteiger partial charge in [0.15, 0.2) is 5.82 Å². The molecule has 0 fully saturated rings. The fraction of sp³-hybridized carbons (Fsp3) is 0.250. The van der Waals surface area contributed by atoms with Crippen LogP contribution in [-0.2, 0) is 0 Å². The molecule has 58 valence electrons. The molecular weight excluding hydrogens is 138 g/mol. The molecule has 0 unspecified atom stereocenters. The molecule has 0 aliphatic carbocycles. The van der Waals surface area contributed by atoms with Crippen molar-refractivity contribution in [3.8, 4) is 0 Å². The van der Waals surface area contributed by atoms with E-state index in [9.17, 15) is 0 Å². The summed E-state index contributed by atoms with van der Waals surface area (Å²) in [6.45, 7) is 7.66. The van der Waals surface area contributed by atoms with Crippen molar-refractivity contribution < 1.29 is 0 Å². The summed E-state index contributed by atoms with van der Waals surface area (Å²) in [6.07, 6.45) is 5.29. The van der Waals surface area contributed by atoms with Crippen LogP contribution in [0, 0.1) is 0 Å². The monoisotopic (exact) mass is 149 g/mol. The van der Waals surface area contributed by atoms with Gasteiger partial charge in [0.1, 0.15) is 6.33 Å². The summed E-state index contributed by atoms with van der Waals surface area (Å²) in [5, 5.41) is 7.58. The van der Waals surface area contributed by atoms with Crippen molar-refractivity contribution in [2.75, 3.05) is 0 Å². The smallest absolute Gasteiger partial charge is 0.159 e. The van der Waals surface area contributed by atoms with Crippen LogP contribution in [0.4, 0.5) is 0 Å². The Labute approximate surface area is 66.1 Å². The van der Waals surface area contributed by atoms with Crippen LogP contribution in [-0.4, -0.2) is 14.8 Å². The van der Waals surface area contributed by atoms with E-state index in [4.69, 9.17) is 0 Å². The zero-order chi connectivity index (χ0) is 8.27. The van der Waals surface area contributed by atoms with Crippen LogP contribution < -0.4 is 0 Å². The highest BCUT2D eigenvalue weighted by Gasteiger charge is 1.94. The summed E-state index contributed by atoms with van der Waals surface area (Å²) in [6, 6.07) is 0. The summed E-state index contributed by atoms with van der Waals surface area (Å²) < 4.78 is 1.84. The van der Waals surface area contributed by atoms with Gasteiger partial charge in [-0.05, 0) is 19.9 Å². The molecule has 0 radical (unpaired) electrons. The predicted octanol–water partition coefficient (Wildman–Crippen LogP) is 1.80. The molecule has 0 N–H and O–H groups in total. The molecule has 0 spiro atoms. The predicted molar refractivity (Wildman–Crippen MR) is 45.7 cm³/mol. The molecule has 1 heterocycles. The summed E-state index contributed by atoms with van der Waals surface area (Å²) >= 11 is 0. The second-order valence-electron chi connectivity index (χ2n) is 2.51. The van der Waals surface area contributed by atoms with E-state index >= 15 is 0 Å². The van der Waals surface area contributed by atoms with E-state index in [1.165, 1.54) is 5.57 Å². The van der Waals surface area contributed by atoms with E-state index in [1.807, 2.05) is 24.6 Å². The Hall–Kier alpha value is -1.38. The van der Waals surface area contributed by atoms with Crippen LogP contribution in [0.2, 0.25) is 0 Å². The molecule has 0 aliphatic heterocycles.